The van der Waals surface area contributed by atoms with Crippen LogP contribution >= 0.6 is 23.1 Å². The standard InChI is InChI=1S/C20H22N4OS2/c1-11-5-16-17(6-12(11)2)24(10-23-16)7-15(25)8-26-19-18-13(3)14(4)27-20(18)22-9-21-19/h5-6,9-10,15,25H,7-8H2,1-4H3. The van der Waals surface area contributed by atoms with Gasteiger partial charge in [-0.05, 0) is 56.5 Å². The highest BCUT2D eigenvalue weighted by atomic mass is 32.2. The second-order valence-electron chi connectivity index (χ2n) is 6.93. The van der Waals surface area contributed by atoms with E-state index in [-0.39, 0.29) is 0 Å². The minimum Gasteiger partial charge on any atom is -0.390 e. The highest BCUT2D eigenvalue weighted by Crippen LogP contribution is 2.34. The van der Waals surface area contributed by atoms with E-state index in [1.54, 1.807) is 29.4 Å². The summed E-state index contributed by atoms with van der Waals surface area (Å²) in [7, 11) is 0. The highest BCUT2D eigenvalue weighted by Gasteiger charge is 2.15. The normalized spacial score (nSPS) is 12.9. The second-order valence-corrected chi connectivity index (χ2v) is 9.14. The van der Waals surface area contributed by atoms with E-state index in [2.05, 4.69) is 54.8 Å². The number of imidazole rings is 1. The molecule has 3 heterocycles. The molecule has 5 nitrogen and oxygen atoms in total. The molecule has 1 atom stereocenters. The van der Waals surface area contributed by atoms with Gasteiger partial charge in [0.15, 0.2) is 0 Å². The van der Waals surface area contributed by atoms with Crippen LogP contribution in [-0.4, -0.2) is 36.5 Å². The molecule has 140 valence electrons. The van der Waals surface area contributed by atoms with E-state index in [1.165, 1.54) is 21.6 Å². The molecule has 3 aromatic heterocycles. The molecule has 0 radical (unpaired) electrons. The van der Waals surface area contributed by atoms with Gasteiger partial charge in [-0.3, -0.25) is 0 Å². The third-order valence-corrected chi connectivity index (χ3v) is 7.24. The Hall–Kier alpha value is -1.96. The maximum absolute atomic E-state index is 10.6. The zero-order valence-electron chi connectivity index (χ0n) is 15.9. The third kappa shape index (κ3) is 3.47. The average molecular weight is 399 g/mol. The first-order valence-electron chi connectivity index (χ1n) is 8.87. The lowest BCUT2D eigenvalue weighted by atomic mass is 10.1. The Bertz CT molecular complexity index is 1130. The number of fused-ring (bicyclic) bond motifs is 2. The number of hydrogen-bond donors (Lipinski definition) is 1. The van der Waals surface area contributed by atoms with Gasteiger partial charge in [-0.1, -0.05) is 0 Å². The molecule has 1 N–H and O–H groups in total. The Balaban J connectivity index is 1.51. The number of rotatable bonds is 5. The molecule has 7 heteroatoms. The zero-order chi connectivity index (χ0) is 19.1. The zero-order valence-corrected chi connectivity index (χ0v) is 17.5. The fourth-order valence-electron chi connectivity index (χ4n) is 3.17. The van der Waals surface area contributed by atoms with Crippen molar-refractivity contribution in [2.45, 2.75) is 45.4 Å². The van der Waals surface area contributed by atoms with Crippen molar-refractivity contribution in [2.75, 3.05) is 5.75 Å². The van der Waals surface area contributed by atoms with E-state index in [0.29, 0.717) is 12.3 Å². The number of aliphatic hydroxyl groups is 1. The Kier molecular flexibility index (Phi) is 4.92. The summed E-state index contributed by atoms with van der Waals surface area (Å²) in [4.78, 5) is 15.6. The first-order valence-corrected chi connectivity index (χ1v) is 10.7. The van der Waals surface area contributed by atoms with Crippen molar-refractivity contribution >= 4 is 44.3 Å². The van der Waals surface area contributed by atoms with Gasteiger partial charge in [0.25, 0.3) is 0 Å². The van der Waals surface area contributed by atoms with Crippen LogP contribution in [0.25, 0.3) is 21.3 Å². The minimum atomic E-state index is -0.487. The predicted molar refractivity (Wildman–Crippen MR) is 113 cm³/mol. The second kappa shape index (κ2) is 7.22. The molecular weight excluding hydrogens is 376 g/mol. The summed E-state index contributed by atoms with van der Waals surface area (Å²) in [6.07, 6.45) is 2.94. The molecule has 4 rings (SSSR count). The molecule has 0 aliphatic carbocycles. The third-order valence-electron chi connectivity index (χ3n) is 4.99. The van der Waals surface area contributed by atoms with E-state index >= 15 is 0 Å². The minimum absolute atomic E-state index is 0.487. The van der Waals surface area contributed by atoms with Gasteiger partial charge >= 0.3 is 0 Å². The largest absolute Gasteiger partial charge is 0.390 e. The van der Waals surface area contributed by atoms with Crippen LogP contribution < -0.4 is 0 Å². The Labute approximate surface area is 166 Å². The summed E-state index contributed by atoms with van der Waals surface area (Å²) in [6, 6.07) is 4.24. The van der Waals surface area contributed by atoms with Crippen molar-refractivity contribution in [2.24, 2.45) is 0 Å². The molecule has 0 fully saturated rings. The molecule has 1 unspecified atom stereocenters. The maximum Gasteiger partial charge on any atom is 0.128 e. The maximum atomic E-state index is 10.6. The highest BCUT2D eigenvalue weighted by molar-refractivity contribution is 7.99. The molecule has 0 saturated carbocycles. The van der Waals surface area contributed by atoms with Gasteiger partial charge in [0, 0.05) is 16.0 Å². The SMILES string of the molecule is Cc1cc2ncn(CC(O)CSc3ncnc4sc(C)c(C)c34)c2cc1C. The fourth-order valence-corrected chi connectivity index (χ4v) is 5.21. The average Bonchev–Trinajstić information content (AvgIpc) is 3.15. The molecule has 1 aromatic carbocycles. The quantitative estimate of drug-likeness (QED) is 0.398. The van der Waals surface area contributed by atoms with Crippen LogP contribution in [0.3, 0.4) is 0 Å². The van der Waals surface area contributed by atoms with Gasteiger partial charge in [0.05, 0.1) is 30.0 Å². The Morgan fingerprint density at radius 1 is 1.11 bits per heavy atom. The predicted octanol–water partition coefficient (Wildman–Crippen LogP) is 4.43. The lowest BCUT2D eigenvalue weighted by Crippen LogP contribution is -2.18. The van der Waals surface area contributed by atoms with Crippen molar-refractivity contribution in [3.63, 3.8) is 0 Å². The van der Waals surface area contributed by atoms with Crippen LogP contribution in [0.4, 0.5) is 0 Å². The van der Waals surface area contributed by atoms with E-state index in [0.717, 1.165) is 26.3 Å². The van der Waals surface area contributed by atoms with Crippen LogP contribution in [-0.2, 0) is 6.54 Å². The summed E-state index contributed by atoms with van der Waals surface area (Å²) in [5.41, 5.74) is 5.74. The topological polar surface area (TPSA) is 63.8 Å². The van der Waals surface area contributed by atoms with Gasteiger partial charge in [0.1, 0.15) is 16.2 Å². The van der Waals surface area contributed by atoms with Gasteiger partial charge in [-0.25, -0.2) is 15.0 Å². The molecule has 0 aliphatic rings. The molecule has 0 bridgehead atoms. The number of benzene rings is 1. The van der Waals surface area contributed by atoms with Crippen molar-refractivity contribution < 1.29 is 5.11 Å². The van der Waals surface area contributed by atoms with Crippen molar-refractivity contribution in [1.29, 1.82) is 0 Å². The van der Waals surface area contributed by atoms with E-state index in [4.69, 9.17) is 0 Å². The van der Waals surface area contributed by atoms with E-state index in [9.17, 15) is 5.11 Å². The number of nitrogens with zero attached hydrogens (tertiary/aromatic N) is 4. The summed E-state index contributed by atoms with van der Waals surface area (Å²) in [6.45, 7) is 8.93. The Morgan fingerprint density at radius 3 is 2.70 bits per heavy atom. The fraction of sp³-hybridized carbons (Fsp3) is 0.350. The number of hydrogen-bond acceptors (Lipinski definition) is 6. The van der Waals surface area contributed by atoms with Gasteiger partial charge in [-0.15, -0.1) is 23.1 Å². The summed E-state index contributed by atoms with van der Waals surface area (Å²) in [5.74, 6) is 0.574. The van der Waals surface area contributed by atoms with Crippen molar-refractivity contribution in [3.05, 3.63) is 46.4 Å². The first-order chi connectivity index (χ1) is 12.9. The molecular formula is C20H22N4OS2. The molecule has 27 heavy (non-hydrogen) atoms. The van der Waals surface area contributed by atoms with Crippen LogP contribution in [0.15, 0.2) is 29.8 Å². The van der Waals surface area contributed by atoms with E-state index < -0.39 is 6.10 Å². The number of thioether (sulfide) groups is 1. The number of aryl methyl sites for hydroxylation is 4. The van der Waals surface area contributed by atoms with Crippen LogP contribution in [0.2, 0.25) is 0 Å². The number of thiophene rings is 1. The molecule has 0 spiro atoms. The molecule has 0 aliphatic heterocycles. The van der Waals surface area contributed by atoms with Gasteiger partial charge in [0.2, 0.25) is 0 Å². The van der Waals surface area contributed by atoms with Crippen LogP contribution in [0, 0.1) is 27.7 Å². The lowest BCUT2D eigenvalue weighted by molar-refractivity contribution is 0.179. The molecule has 0 amide bonds. The summed E-state index contributed by atoms with van der Waals surface area (Å²) in [5, 5.41) is 12.7. The van der Waals surface area contributed by atoms with Crippen molar-refractivity contribution in [3.8, 4) is 0 Å². The smallest absolute Gasteiger partial charge is 0.128 e. The number of aliphatic hydroxyl groups excluding tert-OH is 1. The lowest BCUT2D eigenvalue weighted by Gasteiger charge is -2.12. The van der Waals surface area contributed by atoms with Crippen LogP contribution in [0.5, 0.6) is 0 Å². The van der Waals surface area contributed by atoms with Crippen LogP contribution in [0.1, 0.15) is 21.6 Å². The van der Waals surface area contributed by atoms with E-state index in [1.807, 2.05) is 10.9 Å². The molecule has 0 saturated heterocycles. The monoisotopic (exact) mass is 398 g/mol. The summed E-state index contributed by atoms with van der Waals surface area (Å²) < 4.78 is 2.03. The first kappa shape index (κ1) is 18.4. The van der Waals surface area contributed by atoms with Crippen molar-refractivity contribution in [1.82, 2.24) is 19.5 Å². The van der Waals surface area contributed by atoms with Gasteiger partial charge in [-0.2, -0.15) is 0 Å². The summed E-state index contributed by atoms with van der Waals surface area (Å²) >= 11 is 3.29. The van der Waals surface area contributed by atoms with Gasteiger partial charge < -0.3 is 9.67 Å². The number of aromatic nitrogens is 4. The molecule has 4 aromatic rings. The Morgan fingerprint density at radius 2 is 1.89 bits per heavy atom.